The zero-order valence-corrected chi connectivity index (χ0v) is 12.5. The van der Waals surface area contributed by atoms with Gasteiger partial charge in [-0.05, 0) is 17.7 Å². The minimum absolute atomic E-state index is 0.727. The van der Waals surface area contributed by atoms with E-state index >= 15 is 0 Å². The molecule has 0 amide bonds. The predicted octanol–water partition coefficient (Wildman–Crippen LogP) is 3.46. The summed E-state index contributed by atoms with van der Waals surface area (Å²) < 4.78 is 1.82. The molecular weight excluding hydrogens is 294 g/mol. The van der Waals surface area contributed by atoms with E-state index in [4.69, 9.17) is 0 Å². The molecule has 0 spiro atoms. The van der Waals surface area contributed by atoms with Gasteiger partial charge in [0.05, 0.1) is 11.9 Å². The maximum Gasteiger partial charge on any atom is 0.214 e. The smallest absolute Gasteiger partial charge is 0.214 e. The van der Waals surface area contributed by atoms with E-state index in [0.29, 0.717) is 0 Å². The van der Waals surface area contributed by atoms with E-state index in [-0.39, 0.29) is 0 Å². The van der Waals surface area contributed by atoms with E-state index in [1.807, 2.05) is 41.0 Å². The van der Waals surface area contributed by atoms with E-state index in [1.165, 1.54) is 5.56 Å². The first-order valence-electron chi connectivity index (χ1n) is 6.93. The fourth-order valence-electron chi connectivity index (χ4n) is 2.20. The van der Waals surface area contributed by atoms with Crippen molar-refractivity contribution in [3.05, 3.63) is 66.6 Å². The van der Waals surface area contributed by atoms with E-state index in [1.54, 1.807) is 23.7 Å². The third kappa shape index (κ3) is 2.56. The van der Waals surface area contributed by atoms with Crippen LogP contribution in [0.2, 0.25) is 0 Å². The van der Waals surface area contributed by atoms with Crippen LogP contribution in [0.25, 0.3) is 16.2 Å². The van der Waals surface area contributed by atoms with Crippen LogP contribution in [0.5, 0.6) is 0 Å². The Bertz CT molecular complexity index is 851. The fourth-order valence-corrected chi connectivity index (χ4v) is 2.98. The van der Waals surface area contributed by atoms with Gasteiger partial charge in [0.25, 0.3) is 0 Å². The van der Waals surface area contributed by atoms with Gasteiger partial charge in [-0.15, -0.1) is 5.10 Å². The molecule has 22 heavy (non-hydrogen) atoms. The average molecular weight is 307 g/mol. The molecule has 0 radical (unpaired) electrons. The van der Waals surface area contributed by atoms with Gasteiger partial charge in [-0.1, -0.05) is 41.7 Å². The number of pyridine rings is 1. The van der Waals surface area contributed by atoms with Crippen LogP contribution in [-0.4, -0.2) is 19.6 Å². The Morgan fingerprint density at radius 3 is 2.64 bits per heavy atom. The molecule has 5 nitrogen and oxygen atoms in total. The Morgan fingerprint density at radius 1 is 1.05 bits per heavy atom. The van der Waals surface area contributed by atoms with Crippen LogP contribution >= 0.6 is 11.3 Å². The first-order valence-corrected chi connectivity index (χ1v) is 7.74. The molecule has 0 saturated carbocycles. The predicted molar refractivity (Wildman–Crippen MR) is 87.9 cm³/mol. The second-order valence-corrected chi connectivity index (χ2v) is 5.79. The fraction of sp³-hybridized carbons (Fsp3) is 0.0625. The zero-order chi connectivity index (χ0) is 14.8. The first kappa shape index (κ1) is 13.0. The summed E-state index contributed by atoms with van der Waals surface area (Å²) in [5.41, 5.74) is 3.22. The summed E-state index contributed by atoms with van der Waals surface area (Å²) in [6.45, 7) is 0.727. The standard InChI is InChI=1S/C16H13N5S/c1-2-4-13(5-3-1)14-11-21-16(19-14)22-15(20-21)18-10-12-6-8-17-9-7-12/h1-9,11H,10H2,(H,18,20). The largest absolute Gasteiger partial charge is 0.356 e. The topological polar surface area (TPSA) is 55.1 Å². The summed E-state index contributed by atoms with van der Waals surface area (Å²) in [6.07, 6.45) is 5.54. The molecule has 0 fully saturated rings. The molecule has 0 atom stereocenters. The van der Waals surface area contributed by atoms with Crippen molar-refractivity contribution in [3.8, 4) is 11.3 Å². The van der Waals surface area contributed by atoms with Gasteiger partial charge in [-0.25, -0.2) is 9.50 Å². The lowest BCUT2D eigenvalue weighted by Crippen LogP contribution is -1.99. The molecule has 1 N–H and O–H groups in total. The zero-order valence-electron chi connectivity index (χ0n) is 11.7. The van der Waals surface area contributed by atoms with Gasteiger partial charge in [0.1, 0.15) is 0 Å². The van der Waals surface area contributed by atoms with E-state index in [2.05, 4.69) is 32.5 Å². The maximum atomic E-state index is 4.63. The highest BCUT2D eigenvalue weighted by Gasteiger charge is 2.09. The number of nitrogens with one attached hydrogen (secondary N) is 1. The van der Waals surface area contributed by atoms with Gasteiger partial charge >= 0.3 is 0 Å². The number of nitrogens with zero attached hydrogens (tertiary/aromatic N) is 4. The monoisotopic (exact) mass is 307 g/mol. The molecule has 3 aromatic heterocycles. The molecule has 0 aliphatic rings. The molecule has 1 aromatic carbocycles. The lowest BCUT2D eigenvalue weighted by atomic mass is 10.2. The van der Waals surface area contributed by atoms with Gasteiger partial charge in [-0.2, -0.15) is 0 Å². The van der Waals surface area contributed by atoms with Gasteiger partial charge < -0.3 is 5.32 Å². The SMILES string of the molecule is c1ccc(-c2cn3nc(NCc4ccncc4)sc3n2)cc1. The van der Waals surface area contributed by atoms with Crippen molar-refractivity contribution < 1.29 is 0 Å². The number of aromatic nitrogens is 4. The second kappa shape index (κ2) is 5.57. The Kier molecular flexibility index (Phi) is 3.29. The number of hydrogen-bond donors (Lipinski definition) is 1. The van der Waals surface area contributed by atoms with Crippen molar-refractivity contribution in [2.24, 2.45) is 0 Å². The Balaban J connectivity index is 1.54. The van der Waals surface area contributed by atoms with Crippen LogP contribution in [0.1, 0.15) is 5.56 Å². The first-order chi connectivity index (χ1) is 10.9. The van der Waals surface area contributed by atoms with Crippen LogP contribution in [0.3, 0.4) is 0 Å². The number of fused-ring (bicyclic) bond motifs is 1. The van der Waals surface area contributed by atoms with Crippen LogP contribution in [0.15, 0.2) is 61.1 Å². The second-order valence-electron chi connectivity index (χ2n) is 4.84. The minimum atomic E-state index is 0.727. The highest BCUT2D eigenvalue weighted by molar-refractivity contribution is 7.20. The number of hydrogen-bond acceptors (Lipinski definition) is 5. The minimum Gasteiger partial charge on any atom is -0.356 e. The van der Waals surface area contributed by atoms with E-state index in [0.717, 1.165) is 27.9 Å². The average Bonchev–Trinajstić information content (AvgIpc) is 3.13. The number of benzene rings is 1. The molecule has 0 aliphatic heterocycles. The summed E-state index contributed by atoms with van der Waals surface area (Å²) >= 11 is 1.55. The van der Waals surface area contributed by atoms with Crippen molar-refractivity contribution in [1.82, 2.24) is 19.6 Å². The summed E-state index contributed by atoms with van der Waals surface area (Å²) in [5.74, 6) is 0. The van der Waals surface area contributed by atoms with Gasteiger partial charge in [0.2, 0.25) is 10.1 Å². The quantitative estimate of drug-likeness (QED) is 0.627. The summed E-state index contributed by atoms with van der Waals surface area (Å²) in [6, 6.07) is 14.1. The molecule has 6 heteroatoms. The van der Waals surface area contributed by atoms with Crippen molar-refractivity contribution in [1.29, 1.82) is 0 Å². The van der Waals surface area contributed by atoms with Crippen molar-refractivity contribution in [3.63, 3.8) is 0 Å². The van der Waals surface area contributed by atoms with E-state index in [9.17, 15) is 0 Å². The Labute approximate surface area is 131 Å². The van der Waals surface area contributed by atoms with E-state index < -0.39 is 0 Å². The third-order valence-corrected chi connectivity index (χ3v) is 4.19. The lowest BCUT2D eigenvalue weighted by Gasteiger charge is -2.00. The Morgan fingerprint density at radius 2 is 1.86 bits per heavy atom. The molecule has 0 aliphatic carbocycles. The van der Waals surface area contributed by atoms with Crippen molar-refractivity contribution in [2.45, 2.75) is 6.54 Å². The van der Waals surface area contributed by atoms with Crippen LogP contribution in [0, 0.1) is 0 Å². The summed E-state index contributed by atoms with van der Waals surface area (Å²) in [7, 11) is 0. The molecule has 4 aromatic rings. The normalized spacial score (nSPS) is 10.9. The number of imidazole rings is 1. The molecule has 0 unspecified atom stereocenters. The van der Waals surface area contributed by atoms with Crippen LogP contribution in [-0.2, 0) is 6.54 Å². The van der Waals surface area contributed by atoms with Gasteiger partial charge in [0, 0.05) is 24.5 Å². The number of rotatable bonds is 4. The summed E-state index contributed by atoms with van der Waals surface area (Å²) in [4.78, 5) is 9.52. The highest BCUT2D eigenvalue weighted by atomic mass is 32.1. The third-order valence-electron chi connectivity index (χ3n) is 3.31. The summed E-state index contributed by atoms with van der Waals surface area (Å²) in [5, 5.41) is 8.69. The molecule has 0 saturated heterocycles. The molecule has 3 heterocycles. The van der Waals surface area contributed by atoms with Crippen molar-refractivity contribution in [2.75, 3.05) is 5.32 Å². The highest BCUT2D eigenvalue weighted by Crippen LogP contribution is 2.24. The lowest BCUT2D eigenvalue weighted by molar-refractivity contribution is 0.961. The van der Waals surface area contributed by atoms with Gasteiger partial charge in [0.15, 0.2) is 0 Å². The van der Waals surface area contributed by atoms with Crippen LogP contribution < -0.4 is 5.32 Å². The molecule has 108 valence electrons. The molecule has 0 bridgehead atoms. The molecule has 4 rings (SSSR count). The van der Waals surface area contributed by atoms with Crippen LogP contribution in [0.4, 0.5) is 5.13 Å². The molecular formula is C16H13N5S. The van der Waals surface area contributed by atoms with Crippen molar-refractivity contribution >= 4 is 21.4 Å². The maximum absolute atomic E-state index is 4.63. The van der Waals surface area contributed by atoms with Gasteiger partial charge in [-0.3, -0.25) is 4.98 Å². The Hall–Kier alpha value is -2.73. The number of anilines is 1.